The molecule has 33 nitrogen and oxygen atoms in total. The molecule has 9 aliphatic rings. The van der Waals surface area contributed by atoms with Crippen LogP contribution in [0.4, 0.5) is 0 Å². The van der Waals surface area contributed by atoms with Crippen LogP contribution < -0.4 is 41.9 Å². The molecule has 0 bridgehead atoms. The molecule has 9 fully saturated rings. The summed E-state index contributed by atoms with van der Waals surface area (Å²) in [4.78, 5) is 99.4. The number of hydrogen-bond acceptors (Lipinski definition) is 21. The molecule has 5 aliphatic carbocycles. The van der Waals surface area contributed by atoms with E-state index in [1.807, 2.05) is 128 Å². The van der Waals surface area contributed by atoms with Crippen LogP contribution in [0.5, 0.6) is 23.0 Å². The van der Waals surface area contributed by atoms with E-state index in [0.717, 1.165) is 194 Å². The molecule has 16 heterocycles. The quantitative estimate of drug-likeness (QED) is 0.0446. The molecule has 8 atom stereocenters. The predicted molar refractivity (Wildman–Crippen MR) is 536 cm³/mol. The number of nitrogens with zero attached hydrogens (tertiary/aromatic N) is 20. The molecule has 139 heavy (non-hydrogen) atoms. The first-order valence-corrected chi connectivity index (χ1v) is 49.3. The molecule has 5 saturated carbocycles. The highest BCUT2D eigenvalue weighted by molar-refractivity contribution is 6.04. The summed E-state index contributed by atoms with van der Waals surface area (Å²) in [6, 6.07) is 39.4. The number of fused-ring (bicyclic) bond motifs is 9. The number of likely N-dealkylation sites (tertiary alicyclic amines) is 4. The van der Waals surface area contributed by atoms with Crippen molar-refractivity contribution in [2.75, 3.05) is 80.8 Å². The summed E-state index contributed by atoms with van der Waals surface area (Å²) < 4.78 is 40.4. The van der Waals surface area contributed by atoms with E-state index in [-0.39, 0.29) is 54.3 Å². The van der Waals surface area contributed by atoms with Crippen LogP contribution in [-0.2, 0) is 54.4 Å². The monoisotopic (exact) mass is 1870 g/mol. The minimum absolute atomic E-state index is 0.0267. The van der Waals surface area contributed by atoms with Gasteiger partial charge < -0.3 is 103 Å². The number of pyridine rings is 4. The highest BCUT2D eigenvalue weighted by Gasteiger charge is 2.55. The number of imidazole rings is 4. The predicted octanol–water partition coefficient (Wildman–Crippen LogP) is 13.4. The minimum atomic E-state index is -0.614. The Hall–Kier alpha value is -13.6. The summed E-state index contributed by atoms with van der Waals surface area (Å²) in [6.45, 7) is 10.8. The molecule has 0 spiro atoms. The van der Waals surface area contributed by atoms with Gasteiger partial charge in [-0.3, -0.25) is 19.2 Å². The van der Waals surface area contributed by atoms with E-state index < -0.39 is 6.10 Å². The Kier molecular flexibility index (Phi) is 23.9. The van der Waals surface area contributed by atoms with Gasteiger partial charge in [0.1, 0.15) is 67.7 Å². The van der Waals surface area contributed by atoms with Gasteiger partial charge in [-0.1, -0.05) is 13.3 Å². The number of methoxy groups -OCH3 is 4. The van der Waals surface area contributed by atoms with Crippen LogP contribution in [-0.4, -0.2) is 236 Å². The van der Waals surface area contributed by atoms with E-state index in [1.165, 1.54) is 57.8 Å². The summed E-state index contributed by atoms with van der Waals surface area (Å²) in [5, 5.41) is 14.5. The van der Waals surface area contributed by atoms with Crippen molar-refractivity contribution < 1.29 is 43.2 Å². The summed E-state index contributed by atoms with van der Waals surface area (Å²) in [6.07, 6.45) is 21.4. The van der Waals surface area contributed by atoms with E-state index in [0.29, 0.717) is 125 Å². The molecule has 1 unspecified atom stereocenters. The van der Waals surface area contributed by atoms with Crippen LogP contribution in [0, 0.1) is 41.4 Å². The fourth-order valence-corrected chi connectivity index (χ4v) is 21.8. The fraction of sp³-hybridized carbons (Fsp3) is 0.434. The Morgan fingerprint density at radius 1 is 0.367 bits per heavy atom. The Morgan fingerprint density at radius 2 is 0.683 bits per heavy atom. The highest BCUT2D eigenvalue weighted by atomic mass is 16.5. The van der Waals surface area contributed by atoms with E-state index in [1.54, 1.807) is 50.4 Å². The number of aromatic nitrogens is 16. The molecule has 25 rings (SSSR count). The normalized spacial score (nSPS) is 20.8. The molecule has 12 aromatic heterocycles. The molecule has 4 amide bonds. The number of carbonyl (C=O) groups excluding carboxylic acids is 4. The standard InChI is InChI=1S/C28H33N5O2.C26H31N7O2.C26H30N6O3.C26H28N6O2/c1-4-18-7-6-12-32(16-18)28(34)21-13-22-25(24(15-21)35-3)31(2)27(30-22)23-14-20-8-5-11-29-26(20)33(23)17-19-9-10-19;1-31-23-20(10-17(12-22(23)35-2)26(34)32-9-7-18(27)19(28)14-32)30-25(31)21-11-16-4-3-8-29-24(16)33(21)13-15-5-6-15;1-30-23-20(8-17(10-22(23)35-2)26(34)31-13-18(27)11-19(33)14-31)29-25(30)21-9-16-4-3-7-28-24(16)32(21)12-15-5-6-15;1-30-23-19(8-16(10-21(23)34-2)26(33)31-12-17-18(13-31)22(17)27)29-25(30)20-9-15-4-3-7-28-24(15)32(20)11-14-5-6-14/h5,8,11,13-15,18-19H,4,6-7,9-10,12,16-17H2,1-3H3;3-4,8,10-12,15,18-19H,5-7,9,13-14,27-28H2,1-2H3;3-4,7-10,15,18-19,33H,5-6,11-14,27H2,1-2H3;3-4,7-10,14,17-18,22H,5-6,11-13,27H2,1-2H3/t18-;18-,19+;18-,19-;17-,18+,22?/m111./s1. The number of aliphatic hydroxyl groups is 1. The molecule has 720 valence electrons. The number of amides is 4. The van der Waals surface area contributed by atoms with Gasteiger partial charge in [0.2, 0.25) is 0 Å². The van der Waals surface area contributed by atoms with Crippen LogP contribution in [0.15, 0.2) is 146 Å². The summed E-state index contributed by atoms with van der Waals surface area (Å²) in [7, 11) is 14.5. The van der Waals surface area contributed by atoms with Gasteiger partial charge in [0.25, 0.3) is 23.6 Å². The van der Waals surface area contributed by atoms with Gasteiger partial charge >= 0.3 is 0 Å². The minimum Gasteiger partial charge on any atom is -0.494 e. The molecular formula is C106H122N24O9. The Labute approximate surface area is 804 Å². The summed E-state index contributed by atoms with van der Waals surface area (Å²) >= 11 is 0. The van der Waals surface area contributed by atoms with Gasteiger partial charge in [-0.05, 0) is 240 Å². The van der Waals surface area contributed by atoms with Crippen LogP contribution >= 0.6 is 0 Å². The third kappa shape index (κ3) is 17.2. The number of benzene rings is 4. The largest absolute Gasteiger partial charge is 0.494 e. The van der Waals surface area contributed by atoms with Gasteiger partial charge in [-0.15, -0.1) is 0 Å². The average molecular weight is 1880 g/mol. The van der Waals surface area contributed by atoms with Gasteiger partial charge in [0.15, 0.2) is 23.3 Å². The maximum absolute atomic E-state index is 13.5. The van der Waals surface area contributed by atoms with Crippen molar-refractivity contribution in [1.82, 2.24) is 96.0 Å². The smallest absolute Gasteiger partial charge is 0.254 e. The lowest BCUT2D eigenvalue weighted by atomic mass is 9.95. The third-order valence-electron chi connectivity index (χ3n) is 30.4. The number of ether oxygens (including phenoxy) is 4. The van der Waals surface area contributed by atoms with Crippen LogP contribution in [0.25, 0.3) is 134 Å². The number of nitrogens with two attached hydrogens (primary N) is 4. The molecule has 9 N–H and O–H groups in total. The zero-order valence-corrected chi connectivity index (χ0v) is 80.4. The lowest BCUT2D eigenvalue weighted by Crippen LogP contribution is -2.56. The molecular weight excluding hydrogens is 1750 g/mol. The molecule has 4 aromatic carbocycles. The van der Waals surface area contributed by atoms with Crippen molar-refractivity contribution in [2.45, 2.75) is 147 Å². The molecule has 16 aromatic rings. The molecule has 0 radical (unpaired) electrons. The van der Waals surface area contributed by atoms with E-state index in [9.17, 15) is 24.3 Å². The lowest BCUT2D eigenvalue weighted by molar-refractivity contribution is 0.0423. The first-order valence-electron chi connectivity index (χ1n) is 49.3. The molecule has 4 saturated heterocycles. The second-order valence-electron chi connectivity index (χ2n) is 40.2. The number of hydrogen-bond donors (Lipinski definition) is 5. The van der Waals surface area contributed by atoms with Crippen LogP contribution in [0.1, 0.15) is 132 Å². The van der Waals surface area contributed by atoms with Crippen molar-refractivity contribution in [3.8, 4) is 69.1 Å². The van der Waals surface area contributed by atoms with Crippen LogP contribution in [0.3, 0.4) is 0 Å². The van der Waals surface area contributed by atoms with Crippen LogP contribution in [0.2, 0.25) is 0 Å². The first-order chi connectivity index (χ1) is 67.5. The lowest BCUT2D eigenvalue weighted by Gasteiger charge is -2.34. The summed E-state index contributed by atoms with van der Waals surface area (Å²) in [5.41, 5.74) is 41.1. The summed E-state index contributed by atoms with van der Waals surface area (Å²) in [5.74, 6) is 9.98. The number of β-amino-alcohol motifs (C(OH)–C–C–N with tert-alkyl or cyclic N) is 1. The SMILES string of the molecule is CC[C@@H]1CCCN(C(=O)c2cc(OC)c3c(c2)nc(-c2cc4cccnc4n2CC2CC2)n3C)C1.COc1cc(C(=O)N2CC[C@@H](N)[C@@H](N)C2)cc2nc(-c3cc4cccnc4n3CC3CC3)n(C)c12.COc1cc(C(=O)N2C[C@@H]3C(N)[C@@H]3C2)cc2nc(-c3cc4cccnc4n3CC3CC3)n(C)c12.COc1cc(C(=O)N2C[C@H](N)C[C@@H](O)C2)cc2nc(-c3cc4cccnc4n3CC3CC3)n(C)c12. The van der Waals surface area contributed by atoms with Crippen molar-refractivity contribution in [3.05, 3.63) is 168 Å². The number of rotatable bonds is 21. The zero-order chi connectivity index (χ0) is 95.8. The maximum Gasteiger partial charge on any atom is 0.254 e. The second-order valence-corrected chi connectivity index (χ2v) is 40.2. The van der Waals surface area contributed by atoms with Crippen molar-refractivity contribution >= 4 is 112 Å². The maximum atomic E-state index is 13.5. The van der Waals surface area contributed by atoms with Crippen molar-refractivity contribution in [3.63, 3.8) is 0 Å². The number of carbonyl (C=O) groups is 4. The zero-order valence-electron chi connectivity index (χ0n) is 80.4. The van der Waals surface area contributed by atoms with Gasteiger partial charge in [-0.25, -0.2) is 39.9 Å². The molecule has 4 aliphatic heterocycles. The topological polar surface area (TPSA) is 385 Å². The first kappa shape index (κ1) is 90.5. The highest BCUT2D eigenvalue weighted by Crippen LogP contribution is 2.47. The Bertz CT molecular complexity index is 7280. The number of aryl methyl sites for hydroxylation is 4. The average Bonchev–Trinajstić information content (AvgIpc) is 1.40. The van der Waals surface area contributed by atoms with Gasteiger partial charge in [0, 0.05) is 199 Å². The number of piperidine rings is 4. The van der Waals surface area contributed by atoms with Crippen molar-refractivity contribution in [1.29, 1.82) is 0 Å². The molecule has 33 heteroatoms. The van der Waals surface area contributed by atoms with Crippen molar-refractivity contribution in [2.24, 2.45) is 92.6 Å². The fourth-order valence-electron chi connectivity index (χ4n) is 21.8. The Balaban J connectivity index is 0.000000107. The third-order valence-corrected chi connectivity index (χ3v) is 30.4. The van der Waals surface area contributed by atoms with E-state index in [4.69, 9.17) is 61.8 Å². The van der Waals surface area contributed by atoms with Gasteiger partial charge in [-0.2, -0.15) is 0 Å². The van der Waals surface area contributed by atoms with E-state index >= 15 is 0 Å². The van der Waals surface area contributed by atoms with E-state index in [2.05, 4.69) is 107 Å². The second kappa shape index (κ2) is 36.6. The number of aliphatic hydroxyl groups excluding tert-OH is 1. The van der Waals surface area contributed by atoms with Gasteiger partial charge in [0.05, 0.1) is 79.4 Å². The Morgan fingerprint density at radius 3 is 0.986 bits per heavy atom.